The summed E-state index contributed by atoms with van der Waals surface area (Å²) in [5.41, 5.74) is 14.5. The molecule has 6 heterocycles. The third kappa shape index (κ3) is 5.51. The Bertz CT molecular complexity index is 3720. The highest BCUT2D eigenvalue weighted by Crippen LogP contribution is 2.41. The summed E-state index contributed by atoms with van der Waals surface area (Å²) in [7, 11) is 0. The summed E-state index contributed by atoms with van der Waals surface area (Å²) in [6, 6.07) is 31.8. The summed E-state index contributed by atoms with van der Waals surface area (Å²) < 4.78 is 12.5. The van der Waals surface area contributed by atoms with E-state index < -0.39 is 0 Å². The second kappa shape index (κ2) is 14.2. The number of rotatable bonds is 0. The third-order valence-corrected chi connectivity index (χ3v) is 11.6. The van der Waals surface area contributed by atoms with Crippen molar-refractivity contribution in [2.24, 2.45) is 0 Å². The van der Waals surface area contributed by atoms with Crippen LogP contribution in [0.25, 0.3) is 78.8 Å². The fourth-order valence-corrected chi connectivity index (χ4v) is 8.93. The van der Waals surface area contributed by atoms with Gasteiger partial charge in [0.05, 0.1) is 55.6 Å². The fourth-order valence-electron chi connectivity index (χ4n) is 8.93. The molecule has 0 bridgehead atoms. The van der Waals surface area contributed by atoms with Crippen molar-refractivity contribution in [3.8, 4) is 17.1 Å². The fraction of sp³-hybridized carbons (Fsp3) is 0.100. The second-order valence-corrected chi connectivity index (χ2v) is 15.3. The molecule has 0 aliphatic carbocycles. The van der Waals surface area contributed by atoms with Crippen molar-refractivity contribution in [1.29, 1.82) is 0 Å². The molecular formula is C50H31N12+3. The van der Waals surface area contributed by atoms with Gasteiger partial charge in [0.2, 0.25) is 35.7 Å². The SMILES string of the molecule is [C-]#[N+]c1ccc2c[n+]3n(c2c1[N+]#[C-])-c1cc(C)ccc1C3.[C-]#[N+]c1ccc2c[n+]3n(c2c1[N+]#[C-])-c1ccc(C)cc1C3.[C-]#[N+]c1ccc2c[n+]3n(c2c1[N+]#[C-])-c1ccccc1C3. The van der Waals surface area contributed by atoms with E-state index in [1.165, 1.54) is 27.8 Å². The Morgan fingerprint density at radius 1 is 0.403 bits per heavy atom. The van der Waals surface area contributed by atoms with Crippen LogP contribution in [0.3, 0.4) is 0 Å². The Morgan fingerprint density at radius 2 is 0.806 bits per heavy atom. The average molecular weight is 800 g/mol. The maximum Gasteiger partial charge on any atom is 0.224 e. The molecule has 62 heavy (non-hydrogen) atoms. The molecule has 0 spiro atoms. The highest BCUT2D eigenvalue weighted by atomic mass is 15.4. The summed E-state index contributed by atoms with van der Waals surface area (Å²) >= 11 is 0. The average Bonchev–Trinajstić information content (AvgIpc) is 4.13. The first-order chi connectivity index (χ1) is 30.3. The van der Waals surface area contributed by atoms with E-state index in [1.807, 2.05) is 53.6 Å². The molecule has 9 aromatic rings. The molecule has 288 valence electrons. The van der Waals surface area contributed by atoms with E-state index in [0.717, 1.165) is 69.4 Å². The van der Waals surface area contributed by atoms with E-state index in [0.29, 0.717) is 34.1 Å². The standard InChI is InChI=1S/2C17H11N4.C16H9N4/c1-11-4-7-15-13(8-11)10-20-9-12-5-6-14(18-2)16(19-3)17(12)21(15)20;1-11-4-5-12-9-20-10-13-6-7-14(18-2)16(19-3)17(13)21(20)15(12)8-11;1-17-13-8-7-12-10-19-9-11-5-3-4-6-14(11)20(19)16(12)15(13)18-2/h4-9H,10H2,1H3;4-8,10H,9H2,1H3;3-8,10H,9H2/q3*+1. The topological polar surface area (TPSA) is 52.6 Å². The van der Waals surface area contributed by atoms with E-state index in [1.54, 1.807) is 18.2 Å². The zero-order valence-corrected chi connectivity index (χ0v) is 33.5. The molecule has 0 unspecified atom stereocenters. The van der Waals surface area contributed by atoms with Gasteiger partial charge in [-0.2, -0.15) is 0 Å². The lowest BCUT2D eigenvalue weighted by molar-refractivity contribution is -0.749. The molecule has 6 aromatic carbocycles. The van der Waals surface area contributed by atoms with Crippen LogP contribution in [0.15, 0.2) is 116 Å². The quantitative estimate of drug-likeness (QED) is 0.108. The molecule has 3 aliphatic rings. The Morgan fingerprint density at radius 3 is 1.29 bits per heavy atom. The van der Waals surface area contributed by atoms with Crippen molar-refractivity contribution in [2.75, 3.05) is 0 Å². The van der Waals surface area contributed by atoms with Crippen LogP contribution in [-0.2, 0) is 19.6 Å². The molecule has 0 radical (unpaired) electrons. The van der Waals surface area contributed by atoms with Gasteiger partial charge in [-0.1, -0.05) is 78.4 Å². The van der Waals surface area contributed by atoms with Crippen LogP contribution in [0.4, 0.5) is 34.1 Å². The molecule has 12 nitrogen and oxygen atoms in total. The predicted molar refractivity (Wildman–Crippen MR) is 235 cm³/mol. The monoisotopic (exact) mass is 799 g/mol. The van der Waals surface area contributed by atoms with Gasteiger partial charge < -0.3 is 0 Å². The van der Waals surface area contributed by atoms with Gasteiger partial charge in [-0.3, -0.25) is 14.5 Å². The van der Waals surface area contributed by atoms with E-state index >= 15 is 0 Å². The molecule has 12 rings (SSSR count). The van der Waals surface area contributed by atoms with Crippen LogP contribution in [-0.4, -0.2) is 14.0 Å². The smallest absolute Gasteiger partial charge is 0.224 e. The molecule has 0 saturated carbocycles. The first-order valence-electron chi connectivity index (χ1n) is 19.6. The highest BCUT2D eigenvalue weighted by molar-refractivity contribution is 6.01. The molecule has 3 aliphatic heterocycles. The third-order valence-electron chi connectivity index (χ3n) is 11.6. The zero-order valence-electron chi connectivity index (χ0n) is 33.5. The maximum atomic E-state index is 7.46. The van der Waals surface area contributed by atoms with Crippen LogP contribution in [0.1, 0.15) is 27.8 Å². The molecule has 0 amide bonds. The minimum absolute atomic E-state index is 0.415. The lowest BCUT2D eigenvalue weighted by Gasteiger charge is -2.02. The number of hydrogen-bond acceptors (Lipinski definition) is 0. The maximum absolute atomic E-state index is 7.46. The number of benzene rings is 6. The molecule has 0 atom stereocenters. The molecule has 0 N–H and O–H groups in total. The second-order valence-electron chi connectivity index (χ2n) is 15.3. The van der Waals surface area contributed by atoms with Gasteiger partial charge in [-0.05, 0) is 43.7 Å². The molecule has 3 aromatic heterocycles. The Labute approximate surface area is 356 Å². The molecule has 0 saturated heterocycles. The summed E-state index contributed by atoms with van der Waals surface area (Å²) in [6.07, 6.45) is 6.14. The zero-order chi connectivity index (χ0) is 42.8. The van der Waals surface area contributed by atoms with Crippen molar-refractivity contribution in [3.05, 3.63) is 212 Å². The number of fused-ring (bicyclic) bond motifs is 15. The van der Waals surface area contributed by atoms with Crippen LogP contribution in [0.2, 0.25) is 0 Å². The Balaban J connectivity index is 0.000000111. The van der Waals surface area contributed by atoms with Gasteiger partial charge in [-0.25, -0.2) is 14.5 Å². The molecule has 12 heteroatoms. The lowest BCUT2D eigenvalue weighted by Crippen LogP contribution is -2.36. The molecular weight excluding hydrogens is 769 g/mol. The summed E-state index contributed by atoms with van der Waals surface area (Å²) in [6.45, 7) is 50.6. The number of aromatic nitrogens is 6. The summed E-state index contributed by atoms with van der Waals surface area (Å²) in [4.78, 5) is 21.3. The number of nitrogens with zero attached hydrogens (tertiary/aromatic N) is 12. The van der Waals surface area contributed by atoms with Crippen molar-refractivity contribution in [2.45, 2.75) is 33.5 Å². The van der Waals surface area contributed by atoms with Crippen molar-refractivity contribution in [1.82, 2.24) is 14.0 Å². The van der Waals surface area contributed by atoms with Gasteiger partial charge in [0.1, 0.15) is 33.6 Å². The number of aryl methyl sites for hydroxylation is 2. The van der Waals surface area contributed by atoms with Crippen molar-refractivity contribution >= 4 is 66.8 Å². The summed E-state index contributed by atoms with van der Waals surface area (Å²) in [5.74, 6) is 0. The van der Waals surface area contributed by atoms with Gasteiger partial charge in [0, 0.05) is 16.7 Å². The van der Waals surface area contributed by atoms with E-state index in [2.05, 4.69) is 115 Å². The van der Waals surface area contributed by atoms with Crippen molar-refractivity contribution < 1.29 is 14.0 Å². The van der Waals surface area contributed by atoms with Crippen molar-refractivity contribution in [3.63, 3.8) is 0 Å². The normalized spacial score (nSPS) is 11.7. The minimum atomic E-state index is 0.415. The first-order valence-corrected chi connectivity index (χ1v) is 19.6. The van der Waals surface area contributed by atoms with Gasteiger partial charge >= 0.3 is 0 Å². The van der Waals surface area contributed by atoms with Gasteiger partial charge in [-0.15, -0.1) is 28.1 Å². The van der Waals surface area contributed by atoms with E-state index in [9.17, 15) is 0 Å². The van der Waals surface area contributed by atoms with E-state index in [4.69, 9.17) is 39.4 Å². The predicted octanol–water partition coefficient (Wildman–Crippen LogP) is 10.8. The van der Waals surface area contributed by atoms with Crippen LogP contribution < -0.4 is 14.0 Å². The largest absolute Gasteiger partial charge is 0.250 e. The highest BCUT2D eigenvalue weighted by Gasteiger charge is 2.33. The lowest BCUT2D eigenvalue weighted by atomic mass is 10.1. The summed E-state index contributed by atoms with van der Waals surface area (Å²) in [5, 5.41) is 3.00. The minimum Gasteiger partial charge on any atom is -0.250 e. The first kappa shape index (κ1) is 37.0. The number of para-hydroxylation sites is 1. The van der Waals surface area contributed by atoms with Gasteiger partial charge in [0.25, 0.3) is 0 Å². The Hall–Kier alpha value is -9.33. The molecule has 0 fully saturated rings. The Kier molecular flexibility index (Phi) is 8.47. The number of hydrogen-bond donors (Lipinski definition) is 0. The van der Waals surface area contributed by atoms with Crippen LogP contribution >= 0.6 is 0 Å². The van der Waals surface area contributed by atoms with Crippen LogP contribution in [0, 0.1) is 53.3 Å². The van der Waals surface area contributed by atoms with Gasteiger partial charge in [0.15, 0.2) is 36.7 Å². The van der Waals surface area contributed by atoms with Crippen LogP contribution in [0.5, 0.6) is 0 Å². The van der Waals surface area contributed by atoms with E-state index in [-0.39, 0.29) is 0 Å².